The van der Waals surface area contributed by atoms with Gasteiger partial charge >= 0.3 is 0 Å². The first kappa shape index (κ1) is 15.7. The van der Waals surface area contributed by atoms with Crippen molar-refractivity contribution in [3.05, 3.63) is 59.2 Å². The van der Waals surface area contributed by atoms with Crippen LogP contribution in [0.4, 0.5) is 5.69 Å². The summed E-state index contributed by atoms with van der Waals surface area (Å²) in [6.07, 6.45) is 2.28. The van der Waals surface area contributed by atoms with Crippen molar-refractivity contribution in [1.29, 1.82) is 0 Å². The predicted octanol–water partition coefficient (Wildman–Crippen LogP) is 2.96. The van der Waals surface area contributed by atoms with Crippen LogP contribution in [-0.2, 0) is 0 Å². The Bertz CT molecular complexity index is 843. The number of ether oxygens (including phenoxy) is 1. The van der Waals surface area contributed by atoms with Gasteiger partial charge in [0.2, 0.25) is 0 Å². The minimum Gasteiger partial charge on any atom is -0.496 e. The Kier molecular flexibility index (Phi) is 3.92. The smallest absolute Gasteiger partial charge is 0.258 e. The van der Waals surface area contributed by atoms with Gasteiger partial charge in [-0.25, -0.2) is 0 Å². The van der Waals surface area contributed by atoms with Crippen LogP contribution in [0.15, 0.2) is 42.5 Å². The second kappa shape index (κ2) is 6.24. The molecule has 1 N–H and O–H groups in total. The van der Waals surface area contributed by atoms with Gasteiger partial charge in [0.1, 0.15) is 5.75 Å². The van der Waals surface area contributed by atoms with Crippen molar-refractivity contribution in [1.82, 2.24) is 5.32 Å². The number of nitrogens with zero attached hydrogens (tertiary/aromatic N) is 1. The van der Waals surface area contributed by atoms with Crippen LogP contribution in [-0.4, -0.2) is 32.0 Å². The number of benzene rings is 2. The zero-order valence-corrected chi connectivity index (χ0v) is 14.1. The quantitative estimate of drug-likeness (QED) is 0.937. The minimum atomic E-state index is -0.140. The molecule has 128 valence electrons. The van der Waals surface area contributed by atoms with Gasteiger partial charge in [-0.3, -0.25) is 9.59 Å². The summed E-state index contributed by atoms with van der Waals surface area (Å²) >= 11 is 0. The number of fused-ring (bicyclic) bond motifs is 1. The molecule has 25 heavy (non-hydrogen) atoms. The van der Waals surface area contributed by atoms with Crippen LogP contribution < -0.4 is 15.0 Å². The van der Waals surface area contributed by atoms with Crippen LogP contribution in [0.3, 0.4) is 0 Å². The first-order valence-electron chi connectivity index (χ1n) is 8.56. The van der Waals surface area contributed by atoms with E-state index >= 15 is 0 Å². The van der Waals surface area contributed by atoms with E-state index < -0.39 is 0 Å². The molecule has 2 aromatic rings. The Morgan fingerprint density at radius 1 is 1.20 bits per heavy atom. The van der Waals surface area contributed by atoms with Crippen molar-refractivity contribution in [3.63, 3.8) is 0 Å². The van der Waals surface area contributed by atoms with Crippen molar-refractivity contribution >= 4 is 17.5 Å². The number of rotatable bonds is 3. The van der Waals surface area contributed by atoms with E-state index in [1.165, 1.54) is 0 Å². The van der Waals surface area contributed by atoms with Crippen molar-refractivity contribution in [2.24, 2.45) is 0 Å². The summed E-state index contributed by atoms with van der Waals surface area (Å²) in [5.41, 5.74) is 2.92. The highest BCUT2D eigenvalue weighted by Crippen LogP contribution is 2.44. The Morgan fingerprint density at radius 3 is 2.76 bits per heavy atom. The monoisotopic (exact) mass is 336 g/mol. The van der Waals surface area contributed by atoms with Gasteiger partial charge in [-0.2, -0.15) is 0 Å². The largest absolute Gasteiger partial charge is 0.496 e. The lowest BCUT2D eigenvalue weighted by Crippen LogP contribution is -2.35. The van der Waals surface area contributed by atoms with Crippen LogP contribution in [0.2, 0.25) is 0 Å². The number of carbonyl (C=O) groups excluding carboxylic acids is 2. The fourth-order valence-electron chi connectivity index (χ4n) is 3.35. The zero-order valence-electron chi connectivity index (χ0n) is 14.1. The van der Waals surface area contributed by atoms with E-state index in [9.17, 15) is 9.59 Å². The molecule has 0 bridgehead atoms. The van der Waals surface area contributed by atoms with Gasteiger partial charge in [0.25, 0.3) is 11.8 Å². The van der Waals surface area contributed by atoms with Crippen molar-refractivity contribution in [2.75, 3.05) is 25.1 Å². The molecule has 2 aliphatic rings. The lowest BCUT2D eigenvalue weighted by molar-refractivity contribution is 0.0953. The molecule has 4 rings (SSSR count). The lowest BCUT2D eigenvalue weighted by atomic mass is 10.0. The highest BCUT2D eigenvalue weighted by Gasteiger charge is 2.30. The first-order valence-corrected chi connectivity index (χ1v) is 8.56. The summed E-state index contributed by atoms with van der Waals surface area (Å²) in [5, 5.41) is 2.84. The second-order valence-corrected chi connectivity index (χ2v) is 6.46. The Balaban J connectivity index is 1.72. The third-order valence-electron chi connectivity index (χ3n) is 4.80. The molecule has 0 atom stereocenters. The average Bonchev–Trinajstić information content (AvgIpc) is 3.49. The summed E-state index contributed by atoms with van der Waals surface area (Å²) in [5.74, 6) is 1.10. The van der Waals surface area contributed by atoms with Crippen molar-refractivity contribution in [3.8, 4) is 5.75 Å². The number of amides is 2. The topological polar surface area (TPSA) is 58.6 Å². The predicted molar refractivity (Wildman–Crippen MR) is 95.4 cm³/mol. The normalized spacial score (nSPS) is 16.7. The van der Waals surface area contributed by atoms with Gasteiger partial charge in [0.05, 0.1) is 18.4 Å². The van der Waals surface area contributed by atoms with Gasteiger partial charge in [-0.1, -0.05) is 12.1 Å². The van der Waals surface area contributed by atoms with E-state index in [2.05, 4.69) is 5.32 Å². The van der Waals surface area contributed by atoms with Gasteiger partial charge in [0.15, 0.2) is 0 Å². The summed E-state index contributed by atoms with van der Waals surface area (Å²) in [6.45, 7) is 0.886. The third kappa shape index (κ3) is 2.86. The van der Waals surface area contributed by atoms with E-state index in [1.807, 2.05) is 30.3 Å². The third-order valence-corrected chi connectivity index (χ3v) is 4.80. The van der Waals surface area contributed by atoms with Crippen LogP contribution in [0, 0.1) is 0 Å². The number of methoxy groups -OCH3 is 1. The van der Waals surface area contributed by atoms with E-state index in [-0.39, 0.29) is 11.8 Å². The van der Waals surface area contributed by atoms with Crippen LogP contribution >= 0.6 is 0 Å². The van der Waals surface area contributed by atoms with E-state index in [0.29, 0.717) is 35.8 Å². The molecule has 1 fully saturated rings. The SMILES string of the molecule is COc1ccc(C(=O)N2CCNC(=O)c3ccccc32)cc1C1CC1. The average molecular weight is 336 g/mol. The summed E-state index contributed by atoms with van der Waals surface area (Å²) in [4.78, 5) is 27.0. The van der Waals surface area contributed by atoms with E-state index in [4.69, 9.17) is 4.74 Å². The molecular weight excluding hydrogens is 316 g/mol. The second-order valence-electron chi connectivity index (χ2n) is 6.46. The summed E-state index contributed by atoms with van der Waals surface area (Å²) in [6, 6.07) is 12.8. The number of nitrogens with one attached hydrogen (secondary N) is 1. The van der Waals surface area contributed by atoms with Gasteiger partial charge < -0.3 is 15.0 Å². The fourth-order valence-corrected chi connectivity index (χ4v) is 3.35. The molecule has 0 saturated heterocycles. The van der Waals surface area contributed by atoms with E-state index in [0.717, 1.165) is 24.2 Å². The maximum Gasteiger partial charge on any atom is 0.258 e. The highest BCUT2D eigenvalue weighted by atomic mass is 16.5. The Labute approximate surface area is 146 Å². The summed E-state index contributed by atoms with van der Waals surface area (Å²) in [7, 11) is 1.66. The molecule has 1 aliphatic carbocycles. The number of para-hydroxylation sites is 1. The van der Waals surface area contributed by atoms with Crippen molar-refractivity contribution < 1.29 is 14.3 Å². The molecule has 0 radical (unpaired) electrons. The molecule has 1 aliphatic heterocycles. The molecule has 1 heterocycles. The zero-order chi connectivity index (χ0) is 17.4. The van der Waals surface area contributed by atoms with Crippen LogP contribution in [0.5, 0.6) is 5.75 Å². The molecule has 2 aromatic carbocycles. The molecule has 5 nitrogen and oxygen atoms in total. The maximum absolute atomic E-state index is 13.2. The molecule has 0 spiro atoms. The molecule has 0 aromatic heterocycles. The fraction of sp³-hybridized carbons (Fsp3) is 0.300. The lowest BCUT2D eigenvalue weighted by Gasteiger charge is -2.22. The van der Waals surface area contributed by atoms with Gasteiger partial charge in [0, 0.05) is 18.7 Å². The summed E-state index contributed by atoms with van der Waals surface area (Å²) < 4.78 is 5.44. The highest BCUT2D eigenvalue weighted by molar-refractivity contribution is 6.11. The Hall–Kier alpha value is -2.82. The van der Waals surface area contributed by atoms with Crippen molar-refractivity contribution in [2.45, 2.75) is 18.8 Å². The molecular formula is C20H20N2O3. The van der Waals surface area contributed by atoms with Gasteiger partial charge in [-0.05, 0) is 54.7 Å². The first-order chi connectivity index (χ1) is 12.2. The molecule has 1 saturated carbocycles. The number of anilines is 1. The van der Waals surface area contributed by atoms with Crippen LogP contribution in [0.25, 0.3) is 0 Å². The molecule has 2 amide bonds. The number of carbonyl (C=O) groups is 2. The number of hydrogen-bond acceptors (Lipinski definition) is 3. The minimum absolute atomic E-state index is 0.0893. The van der Waals surface area contributed by atoms with E-state index in [1.54, 1.807) is 24.1 Å². The molecule has 5 heteroatoms. The van der Waals surface area contributed by atoms with Gasteiger partial charge in [-0.15, -0.1) is 0 Å². The maximum atomic E-state index is 13.2. The van der Waals surface area contributed by atoms with Crippen LogP contribution in [0.1, 0.15) is 45.0 Å². The Morgan fingerprint density at radius 2 is 2.00 bits per heavy atom. The standard InChI is InChI=1S/C20H20N2O3/c1-25-18-9-8-14(12-16(18)13-6-7-13)20(24)22-11-10-21-19(23)15-4-2-3-5-17(15)22/h2-5,8-9,12-13H,6-7,10-11H2,1H3,(H,21,23). The number of hydrogen-bond donors (Lipinski definition) is 1. The molecule has 0 unspecified atom stereocenters.